The second-order valence-corrected chi connectivity index (χ2v) is 7.52. The largest absolute Gasteiger partial charge is 0.507 e. The number of phenolic OH excluding ortho intramolecular Hbond substituents is 1. The van der Waals surface area contributed by atoms with Crippen LogP contribution in [0.4, 0.5) is 5.69 Å². The molecule has 2 aliphatic heterocycles. The summed E-state index contributed by atoms with van der Waals surface area (Å²) in [6.07, 6.45) is 3.86. The summed E-state index contributed by atoms with van der Waals surface area (Å²) < 4.78 is 1.75. The molecule has 2 aliphatic rings. The Morgan fingerprint density at radius 2 is 1.86 bits per heavy atom. The molecule has 6 heteroatoms. The average Bonchev–Trinajstić information content (AvgIpc) is 3.40. The van der Waals surface area contributed by atoms with Crippen molar-refractivity contribution in [1.29, 1.82) is 0 Å². The van der Waals surface area contributed by atoms with E-state index in [9.17, 15) is 9.90 Å². The number of hydrogen-bond acceptors (Lipinski definition) is 4. The maximum atomic E-state index is 13.2. The summed E-state index contributed by atoms with van der Waals surface area (Å²) in [5.74, 6) is -0.0937. The topological polar surface area (TPSA) is 70.4 Å². The standard InChI is InChI=1S/C22H22N4O2/c1-25-11-10-15(24-25)13-23-14-6-7-18(21(27)12-14)22(28)26-19-8-9-20(26)17-5-3-2-4-16(17)19/h2-7,10-12,19-20,23,27H,8-9,13H2,1H3. The Hall–Kier alpha value is -3.28. The van der Waals surface area contributed by atoms with Gasteiger partial charge < -0.3 is 15.3 Å². The van der Waals surface area contributed by atoms with E-state index in [-0.39, 0.29) is 23.7 Å². The van der Waals surface area contributed by atoms with Crippen molar-refractivity contribution < 1.29 is 9.90 Å². The summed E-state index contributed by atoms with van der Waals surface area (Å²) in [7, 11) is 1.87. The second kappa shape index (κ2) is 6.41. The average molecular weight is 374 g/mol. The van der Waals surface area contributed by atoms with Crippen molar-refractivity contribution >= 4 is 11.6 Å². The molecule has 3 aromatic rings. The van der Waals surface area contributed by atoms with Crippen molar-refractivity contribution in [3.63, 3.8) is 0 Å². The van der Waals surface area contributed by atoms with Crippen LogP contribution in [-0.2, 0) is 13.6 Å². The van der Waals surface area contributed by atoms with Crippen LogP contribution in [0.25, 0.3) is 0 Å². The molecule has 0 spiro atoms. The molecular formula is C22H22N4O2. The van der Waals surface area contributed by atoms with E-state index in [0.29, 0.717) is 12.1 Å². The minimum absolute atomic E-state index is 0.00590. The highest BCUT2D eigenvalue weighted by atomic mass is 16.3. The summed E-state index contributed by atoms with van der Waals surface area (Å²) in [4.78, 5) is 15.2. The Bertz CT molecular complexity index is 1030. The van der Waals surface area contributed by atoms with Gasteiger partial charge in [0.25, 0.3) is 5.91 Å². The molecule has 1 amide bonds. The molecule has 2 bridgehead atoms. The molecular weight excluding hydrogens is 352 g/mol. The Labute approximate surface area is 163 Å². The lowest BCUT2D eigenvalue weighted by molar-refractivity contribution is 0.0694. The molecule has 2 aromatic carbocycles. The first-order chi connectivity index (χ1) is 13.6. The van der Waals surface area contributed by atoms with Crippen molar-refractivity contribution in [2.24, 2.45) is 7.05 Å². The van der Waals surface area contributed by atoms with Crippen LogP contribution in [-0.4, -0.2) is 25.7 Å². The zero-order chi connectivity index (χ0) is 19.3. The fourth-order valence-corrected chi connectivity index (χ4v) is 4.53. The van der Waals surface area contributed by atoms with Gasteiger partial charge in [-0.15, -0.1) is 0 Å². The predicted octanol–water partition coefficient (Wildman–Crippen LogP) is 3.77. The van der Waals surface area contributed by atoms with Crippen molar-refractivity contribution in [1.82, 2.24) is 14.7 Å². The Morgan fingerprint density at radius 1 is 1.14 bits per heavy atom. The number of rotatable bonds is 4. The van der Waals surface area contributed by atoms with Gasteiger partial charge in [0.2, 0.25) is 0 Å². The molecule has 2 unspecified atom stereocenters. The minimum atomic E-state index is -0.0996. The van der Waals surface area contributed by atoms with Crippen LogP contribution in [0.3, 0.4) is 0 Å². The quantitative estimate of drug-likeness (QED) is 0.729. The number of nitrogens with zero attached hydrogens (tertiary/aromatic N) is 3. The highest BCUT2D eigenvalue weighted by Crippen LogP contribution is 2.53. The van der Waals surface area contributed by atoms with Crippen LogP contribution >= 0.6 is 0 Å². The number of aromatic hydroxyl groups is 1. The van der Waals surface area contributed by atoms with Gasteiger partial charge in [0.15, 0.2) is 0 Å². The number of carbonyl (C=O) groups is 1. The van der Waals surface area contributed by atoms with E-state index in [2.05, 4.69) is 22.5 Å². The number of phenols is 1. The van der Waals surface area contributed by atoms with E-state index < -0.39 is 0 Å². The van der Waals surface area contributed by atoms with Gasteiger partial charge in [0.1, 0.15) is 5.75 Å². The zero-order valence-corrected chi connectivity index (χ0v) is 15.7. The third kappa shape index (κ3) is 2.64. The van der Waals surface area contributed by atoms with Crippen LogP contribution in [0.2, 0.25) is 0 Å². The molecule has 2 atom stereocenters. The molecule has 2 N–H and O–H groups in total. The normalized spacial score (nSPS) is 19.7. The van der Waals surface area contributed by atoms with Crippen molar-refractivity contribution in [3.05, 3.63) is 77.1 Å². The Kier molecular flexibility index (Phi) is 3.86. The molecule has 28 heavy (non-hydrogen) atoms. The van der Waals surface area contributed by atoms with E-state index in [1.807, 2.05) is 42.4 Å². The Balaban J connectivity index is 1.35. The van der Waals surface area contributed by atoms with E-state index in [1.165, 1.54) is 11.1 Å². The fraction of sp³-hybridized carbons (Fsp3) is 0.273. The molecule has 142 valence electrons. The lowest BCUT2D eigenvalue weighted by atomic mass is 9.92. The Morgan fingerprint density at radius 3 is 2.46 bits per heavy atom. The van der Waals surface area contributed by atoms with Crippen molar-refractivity contribution in [2.45, 2.75) is 31.5 Å². The first-order valence-electron chi connectivity index (χ1n) is 9.59. The van der Waals surface area contributed by atoms with Gasteiger partial charge in [-0.3, -0.25) is 9.48 Å². The maximum Gasteiger partial charge on any atom is 0.258 e. The van der Waals surface area contributed by atoms with Crippen LogP contribution in [0.5, 0.6) is 5.75 Å². The molecule has 0 saturated carbocycles. The summed E-state index contributed by atoms with van der Waals surface area (Å²) in [6, 6.07) is 15.6. The molecule has 3 heterocycles. The number of anilines is 1. The third-order valence-corrected chi connectivity index (χ3v) is 5.80. The molecule has 0 radical (unpaired) electrons. The first-order valence-corrected chi connectivity index (χ1v) is 9.59. The summed E-state index contributed by atoms with van der Waals surface area (Å²) >= 11 is 0. The van der Waals surface area contributed by atoms with Gasteiger partial charge in [-0.1, -0.05) is 24.3 Å². The third-order valence-electron chi connectivity index (χ3n) is 5.80. The van der Waals surface area contributed by atoms with E-state index in [1.54, 1.807) is 16.8 Å². The number of amides is 1. The molecule has 1 fully saturated rings. The van der Waals surface area contributed by atoms with E-state index in [0.717, 1.165) is 24.2 Å². The van der Waals surface area contributed by atoms with Crippen LogP contribution in [0.15, 0.2) is 54.7 Å². The number of carbonyl (C=O) groups excluding carboxylic acids is 1. The number of aromatic nitrogens is 2. The first kappa shape index (κ1) is 16.9. The molecule has 1 aromatic heterocycles. The predicted molar refractivity (Wildman–Crippen MR) is 106 cm³/mol. The van der Waals surface area contributed by atoms with Gasteiger partial charge in [-0.05, 0) is 42.2 Å². The highest BCUT2D eigenvalue weighted by Gasteiger charge is 2.46. The lowest BCUT2D eigenvalue weighted by Crippen LogP contribution is -2.28. The highest BCUT2D eigenvalue weighted by molar-refractivity contribution is 5.98. The zero-order valence-electron chi connectivity index (χ0n) is 15.7. The monoisotopic (exact) mass is 374 g/mol. The molecule has 0 aliphatic carbocycles. The lowest BCUT2D eigenvalue weighted by Gasteiger charge is -2.23. The van der Waals surface area contributed by atoms with Gasteiger partial charge in [-0.2, -0.15) is 5.10 Å². The number of aryl methyl sites for hydroxylation is 1. The van der Waals surface area contributed by atoms with E-state index in [4.69, 9.17) is 0 Å². The number of benzene rings is 2. The number of nitrogens with one attached hydrogen (secondary N) is 1. The summed E-state index contributed by atoms with van der Waals surface area (Å²) in [5, 5.41) is 18.1. The number of fused-ring (bicyclic) bond motifs is 5. The minimum Gasteiger partial charge on any atom is -0.507 e. The van der Waals surface area contributed by atoms with Gasteiger partial charge in [0.05, 0.1) is 29.9 Å². The van der Waals surface area contributed by atoms with Gasteiger partial charge in [-0.25, -0.2) is 0 Å². The molecule has 1 saturated heterocycles. The van der Waals surface area contributed by atoms with Crippen LogP contribution in [0.1, 0.15) is 52.1 Å². The summed E-state index contributed by atoms with van der Waals surface area (Å²) in [5.41, 5.74) is 4.52. The van der Waals surface area contributed by atoms with E-state index >= 15 is 0 Å². The number of hydrogen-bond donors (Lipinski definition) is 2. The molecule has 5 rings (SSSR count). The van der Waals surface area contributed by atoms with Crippen molar-refractivity contribution in [2.75, 3.05) is 5.32 Å². The SMILES string of the molecule is Cn1ccc(CNc2ccc(C(=O)N3C4CCC3c3ccccc34)c(O)c2)n1. The molecule has 6 nitrogen and oxygen atoms in total. The van der Waals surface area contributed by atoms with Gasteiger partial charge in [0, 0.05) is 25.0 Å². The maximum absolute atomic E-state index is 13.2. The van der Waals surface area contributed by atoms with Crippen molar-refractivity contribution in [3.8, 4) is 5.75 Å². The second-order valence-electron chi connectivity index (χ2n) is 7.52. The van der Waals surface area contributed by atoms with Crippen LogP contribution < -0.4 is 5.32 Å². The fourth-order valence-electron chi connectivity index (χ4n) is 4.53. The van der Waals surface area contributed by atoms with Gasteiger partial charge >= 0.3 is 0 Å². The summed E-state index contributed by atoms with van der Waals surface area (Å²) in [6.45, 7) is 0.555. The smallest absolute Gasteiger partial charge is 0.258 e. The van der Waals surface area contributed by atoms with Crippen LogP contribution in [0, 0.1) is 0 Å².